The Kier molecular flexibility index (Phi) is 6.80. The topological polar surface area (TPSA) is 87.7 Å². The summed E-state index contributed by atoms with van der Waals surface area (Å²) in [5.41, 5.74) is 0.952. The van der Waals surface area contributed by atoms with Gasteiger partial charge in [0.2, 0.25) is 0 Å². The predicted octanol–water partition coefficient (Wildman–Crippen LogP) is 1.34. The molecule has 1 heterocycles. The minimum Gasteiger partial charge on any atom is -0.379 e. The van der Waals surface area contributed by atoms with Crippen LogP contribution >= 0.6 is 0 Å². The largest absolute Gasteiger partial charge is 0.379 e. The van der Waals surface area contributed by atoms with Gasteiger partial charge in [0.1, 0.15) is 0 Å². The highest BCUT2D eigenvalue weighted by atomic mass is 32.2. The third-order valence-corrected chi connectivity index (χ3v) is 5.66. The van der Waals surface area contributed by atoms with Crippen LogP contribution in [0.2, 0.25) is 0 Å². The van der Waals surface area contributed by atoms with Gasteiger partial charge in [-0.2, -0.15) is 0 Å². The van der Waals surface area contributed by atoms with Gasteiger partial charge in [-0.15, -0.1) is 0 Å². The first kappa shape index (κ1) is 19.7. The fourth-order valence-electron chi connectivity index (χ4n) is 2.83. The fourth-order valence-corrected chi connectivity index (χ4v) is 3.76. The van der Waals surface area contributed by atoms with Crippen molar-refractivity contribution in [2.45, 2.75) is 31.7 Å². The number of amides is 2. The van der Waals surface area contributed by atoms with Gasteiger partial charge in [0.25, 0.3) is 10.0 Å². The maximum atomic E-state index is 12.2. The van der Waals surface area contributed by atoms with Gasteiger partial charge >= 0.3 is 6.03 Å². The van der Waals surface area contributed by atoms with Gasteiger partial charge in [0, 0.05) is 25.7 Å². The molecule has 1 fully saturated rings. The standard InChI is InChI=1S/C17H27N3O4S/c1-13(2)16(20-8-10-24-11-9-20)12-18-17(21)19-25(22,23)15-6-4-14(3)5-7-15/h4-7,13,16H,8-12H2,1-3H3,(H2,18,19,21). The van der Waals surface area contributed by atoms with Gasteiger partial charge in [-0.05, 0) is 25.0 Å². The van der Waals surface area contributed by atoms with Crippen LogP contribution in [-0.4, -0.2) is 58.2 Å². The second kappa shape index (κ2) is 8.64. The molecular formula is C17H27N3O4S. The molecule has 2 rings (SSSR count). The summed E-state index contributed by atoms with van der Waals surface area (Å²) in [6.07, 6.45) is 0. The molecule has 1 aliphatic rings. The van der Waals surface area contributed by atoms with E-state index in [2.05, 4.69) is 28.8 Å². The second-order valence-electron chi connectivity index (χ2n) is 6.59. The molecule has 0 radical (unpaired) electrons. The third-order valence-electron chi connectivity index (χ3n) is 4.31. The summed E-state index contributed by atoms with van der Waals surface area (Å²) in [4.78, 5) is 14.4. The van der Waals surface area contributed by atoms with E-state index < -0.39 is 16.1 Å². The summed E-state index contributed by atoms with van der Waals surface area (Å²) >= 11 is 0. The maximum absolute atomic E-state index is 12.2. The Labute approximate surface area is 149 Å². The second-order valence-corrected chi connectivity index (χ2v) is 8.27. The molecule has 1 aromatic carbocycles. The van der Waals surface area contributed by atoms with Crippen molar-refractivity contribution in [1.82, 2.24) is 14.9 Å². The Morgan fingerprint density at radius 2 is 1.80 bits per heavy atom. The molecule has 2 amide bonds. The first-order valence-corrected chi connectivity index (χ1v) is 9.97. The van der Waals surface area contributed by atoms with E-state index in [9.17, 15) is 13.2 Å². The number of hydrogen-bond acceptors (Lipinski definition) is 5. The van der Waals surface area contributed by atoms with Crippen LogP contribution in [0.3, 0.4) is 0 Å². The van der Waals surface area contributed by atoms with Crippen LogP contribution in [0.1, 0.15) is 19.4 Å². The highest BCUT2D eigenvalue weighted by molar-refractivity contribution is 7.90. The number of morpholine rings is 1. The summed E-state index contributed by atoms with van der Waals surface area (Å²) in [7, 11) is -3.86. The van der Waals surface area contributed by atoms with E-state index in [0.29, 0.717) is 25.7 Å². The van der Waals surface area contributed by atoms with Crippen molar-refractivity contribution in [3.05, 3.63) is 29.8 Å². The number of hydrogen-bond donors (Lipinski definition) is 2. The average molecular weight is 369 g/mol. The van der Waals surface area contributed by atoms with Gasteiger partial charge in [0.15, 0.2) is 0 Å². The number of nitrogens with one attached hydrogen (secondary N) is 2. The average Bonchev–Trinajstić information content (AvgIpc) is 2.55. The summed E-state index contributed by atoms with van der Waals surface area (Å²) in [5.74, 6) is 0.326. The van der Waals surface area contributed by atoms with Crippen molar-refractivity contribution in [3.63, 3.8) is 0 Å². The van der Waals surface area contributed by atoms with E-state index in [1.807, 2.05) is 6.92 Å². The van der Waals surface area contributed by atoms with Crippen LogP contribution in [0.25, 0.3) is 0 Å². The molecule has 0 aliphatic carbocycles. The predicted molar refractivity (Wildman–Crippen MR) is 95.9 cm³/mol. The van der Waals surface area contributed by atoms with E-state index in [4.69, 9.17) is 4.74 Å². The minimum absolute atomic E-state index is 0.0711. The van der Waals surface area contributed by atoms with E-state index in [-0.39, 0.29) is 10.9 Å². The fraction of sp³-hybridized carbons (Fsp3) is 0.588. The number of nitrogens with zero attached hydrogens (tertiary/aromatic N) is 1. The molecule has 25 heavy (non-hydrogen) atoms. The number of rotatable bonds is 6. The van der Waals surface area contributed by atoms with Crippen LogP contribution < -0.4 is 10.0 Å². The van der Waals surface area contributed by atoms with Gasteiger partial charge < -0.3 is 10.1 Å². The van der Waals surface area contributed by atoms with Gasteiger partial charge in [-0.3, -0.25) is 4.90 Å². The van der Waals surface area contributed by atoms with Gasteiger partial charge in [-0.1, -0.05) is 31.5 Å². The van der Waals surface area contributed by atoms with E-state index in [1.165, 1.54) is 12.1 Å². The van der Waals surface area contributed by atoms with Crippen molar-refractivity contribution < 1.29 is 17.9 Å². The smallest absolute Gasteiger partial charge is 0.328 e. The molecule has 2 N–H and O–H groups in total. The Morgan fingerprint density at radius 3 is 2.36 bits per heavy atom. The number of carbonyl (C=O) groups is 1. The molecule has 0 saturated carbocycles. The highest BCUT2D eigenvalue weighted by Gasteiger charge is 2.25. The molecule has 1 unspecified atom stereocenters. The molecule has 140 valence electrons. The lowest BCUT2D eigenvalue weighted by Gasteiger charge is -2.36. The number of aryl methyl sites for hydroxylation is 1. The number of sulfonamides is 1. The number of ether oxygens (including phenoxy) is 1. The van der Waals surface area contributed by atoms with Crippen LogP contribution in [0.15, 0.2) is 29.2 Å². The highest BCUT2D eigenvalue weighted by Crippen LogP contribution is 2.13. The molecule has 0 bridgehead atoms. The number of urea groups is 1. The lowest BCUT2D eigenvalue weighted by molar-refractivity contribution is 0.00723. The zero-order chi connectivity index (χ0) is 18.4. The normalized spacial score (nSPS) is 17.3. The molecule has 1 saturated heterocycles. The first-order chi connectivity index (χ1) is 11.8. The Morgan fingerprint density at radius 1 is 1.20 bits per heavy atom. The van der Waals surface area contributed by atoms with Crippen molar-refractivity contribution in [3.8, 4) is 0 Å². The first-order valence-electron chi connectivity index (χ1n) is 8.48. The van der Waals surface area contributed by atoms with E-state index in [0.717, 1.165) is 18.7 Å². The Bertz CT molecular complexity index is 668. The molecule has 1 aromatic rings. The summed E-state index contributed by atoms with van der Waals surface area (Å²) in [6.45, 7) is 9.41. The van der Waals surface area contributed by atoms with Crippen LogP contribution in [0.4, 0.5) is 4.79 Å². The van der Waals surface area contributed by atoms with Crippen molar-refractivity contribution >= 4 is 16.1 Å². The molecule has 1 atom stereocenters. The van der Waals surface area contributed by atoms with E-state index in [1.54, 1.807) is 12.1 Å². The molecular weight excluding hydrogens is 342 g/mol. The Hall–Kier alpha value is -1.64. The van der Waals surface area contributed by atoms with Crippen molar-refractivity contribution in [2.75, 3.05) is 32.8 Å². The minimum atomic E-state index is -3.86. The Balaban J connectivity index is 1.93. The van der Waals surface area contributed by atoms with Crippen LogP contribution in [0, 0.1) is 12.8 Å². The quantitative estimate of drug-likeness (QED) is 0.790. The lowest BCUT2D eigenvalue weighted by atomic mass is 10.0. The summed E-state index contributed by atoms with van der Waals surface area (Å²) in [6, 6.07) is 5.78. The number of carbonyl (C=O) groups excluding carboxylic acids is 1. The molecule has 8 heteroatoms. The molecule has 0 spiro atoms. The lowest BCUT2D eigenvalue weighted by Crippen LogP contribution is -2.52. The monoisotopic (exact) mass is 369 g/mol. The van der Waals surface area contributed by atoms with Crippen LogP contribution in [0.5, 0.6) is 0 Å². The van der Waals surface area contributed by atoms with E-state index >= 15 is 0 Å². The molecule has 7 nitrogen and oxygen atoms in total. The third kappa shape index (κ3) is 5.69. The SMILES string of the molecule is Cc1ccc(S(=O)(=O)NC(=O)NCC(C(C)C)N2CCOCC2)cc1. The summed E-state index contributed by atoms with van der Waals surface area (Å²) in [5, 5.41) is 2.69. The molecule has 0 aromatic heterocycles. The summed E-state index contributed by atoms with van der Waals surface area (Å²) < 4.78 is 31.9. The zero-order valence-corrected chi connectivity index (χ0v) is 15.8. The maximum Gasteiger partial charge on any atom is 0.328 e. The molecule has 1 aliphatic heterocycles. The van der Waals surface area contributed by atoms with Crippen molar-refractivity contribution in [1.29, 1.82) is 0 Å². The van der Waals surface area contributed by atoms with Gasteiger partial charge in [0.05, 0.1) is 18.1 Å². The van der Waals surface area contributed by atoms with Gasteiger partial charge in [-0.25, -0.2) is 17.9 Å². The van der Waals surface area contributed by atoms with Crippen LogP contribution in [-0.2, 0) is 14.8 Å². The zero-order valence-electron chi connectivity index (χ0n) is 15.0. The van der Waals surface area contributed by atoms with Crippen molar-refractivity contribution in [2.24, 2.45) is 5.92 Å². The number of benzene rings is 1.